The zero-order valence-electron chi connectivity index (χ0n) is 12.0. The zero-order valence-corrected chi connectivity index (χ0v) is 12.0. The van der Waals surface area contributed by atoms with Gasteiger partial charge in [0.2, 0.25) is 0 Å². The van der Waals surface area contributed by atoms with Crippen molar-refractivity contribution in [1.82, 2.24) is 0 Å². The molecule has 2 saturated heterocycles. The van der Waals surface area contributed by atoms with Gasteiger partial charge in [-0.1, -0.05) is 0 Å². The number of aliphatic hydroxyl groups is 8. The molecule has 0 saturated carbocycles. The number of rotatable bonds is 4. The third kappa shape index (κ3) is 3.81. The van der Waals surface area contributed by atoms with Gasteiger partial charge in [0.15, 0.2) is 12.6 Å². The van der Waals surface area contributed by atoms with E-state index in [1.54, 1.807) is 0 Å². The van der Waals surface area contributed by atoms with E-state index in [4.69, 9.17) is 19.3 Å². The number of ether oxygens (including phenoxy) is 3. The predicted molar refractivity (Wildman–Crippen MR) is 68.6 cm³/mol. The lowest BCUT2D eigenvalue weighted by molar-refractivity contribution is -0.325. The van der Waals surface area contributed by atoms with Gasteiger partial charge in [0.05, 0.1) is 13.2 Å². The molecule has 0 aromatic rings. The van der Waals surface area contributed by atoms with Gasteiger partial charge in [-0.2, -0.15) is 0 Å². The third-order valence-electron chi connectivity index (χ3n) is 3.96. The van der Waals surface area contributed by atoms with E-state index in [0.29, 0.717) is 0 Å². The summed E-state index contributed by atoms with van der Waals surface area (Å²) in [7, 11) is 0. The van der Waals surface area contributed by atoms with Gasteiger partial charge in [0.25, 0.3) is 0 Å². The maximum absolute atomic E-state index is 9.78. The summed E-state index contributed by atoms with van der Waals surface area (Å²) in [6.07, 6.45) is -15.3. The Labute approximate surface area is 130 Å². The minimum Gasteiger partial charge on any atom is -0.394 e. The topological polar surface area (TPSA) is 190 Å². The van der Waals surface area contributed by atoms with Crippen molar-refractivity contribution in [3.8, 4) is 0 Å². The molecule has 2 fully saturated rings. The van der Waals surface area contributed by atoms with Gasteiger partial charge in [0.1, 0.15) is 48.8 Å². The van der Waals surface area contributed by atoms with Gasteiger partial charge >= 0.3 is 0 Å². The quantitative estimate of drug-likeness (QED) is 0.243. The number of hydrogen-bond donors (Lipinski definition) is 8. The first kappa shape index (κ1) is 18.9. The van der Waals surface area contributed by atoms with Gasteiger partial charge in [0, 0.05) is 0 Å². The Balaban J connectivity index is 1.94. The van der Waals surface area contributed by atoms with E-state index in [-0.39, 0.29) is 0 Å². The summed E-state index contributed by atoms with van der Waals surface area (Å²) in [5.74, 6) is 0. The highest BCUT2D eigenvalue weighted by Crippen LogP contribution is 2.24. The highest BCUT2D eigenvalue weighted by atomic mass is 16.7. The van der Waals surface area contributed by atoms with Crippen molar-refractivity contribution < 1.29 is 55.1 Å². The SMILES string of the molecule is OC[C@H]1O[C@H](OC[C@@H]2O[C@@H](O)[C@H](O)[C@H](O)[C@@H]2O)[C@H](O)[C@H](O)[C@@H]1O. The van der Waals surface area contributed by atoms with Crippen molar-refractivity contribution in [3.05, 3.63) is 0 Å². The predicted octanol–water partition coefficient (Wildman–Crippen LogP) is -5.40. The van der Waals surface area contributed by atoms with Crippen molar-refractivity contribution in [2.45, 2.75) is 61.4 Å². The molecule has 0 aliphatic carbocycles. The third-order valence-corrected chi connectivity index (χ3v) is 3.96. The lowest BCUT2D eigenvalue weighted by Crippen LogP contribution is -2.61. The molecule has 10 atom stereocenters. The van der Waals surface area contributed by atoms with Gasteiger partial charge in [-0.3, -0.25) is 0 Å². The molecule has 11 nitrogen and oxygen atoms in total. The lowest BCUT2D eigenvalue weighted by Gasteiger charge is -2.41. The summed E-state index contributed by atoms with van der Waals surface area (Å²) in [6.45, 7) is -1.10. The molecule has 8 N–H and O–H groups in total. The van der Waals surface area contributed by atoms with Crippen molar-refractivity contribution >= 4 is 0 Å². The van der Waals surface area contributed by atoms with Crippen molar-refractivity contribution in [3.63, 3.8) is 0 Å². The number of hydrogen-bond acceptors (Lipinski definition) is 11. The Hall–Kier alpha value is -0.440. The van der Waals surface area contributed by atoms with E-state index in [9.17, 15) is 35.7 Å². The Morgan fingerprint density at radius 3 is 1.83 bits per heavy atom. The largest absolute Gasteiger partial charge is 0.394 e. The first-order valence-electron chi connectivity index (χ1n) is 7.07. The smallest absolute Gasteiger partial charge is 0.186 e. The zero-order chi connectivity index (χ0) is 17.3. The van der Waals surface area contributed by atoms with Crippen LogP contribution in [0.3, 0.4) is 0 Å². The molecule has 0 unspecified atom stereocenters. The molecule has 0 bridgehead atoms. The van der Waals surface area contributed by atoms with Crippen LogP contribution in [0.5, 0.6) is 0 Å². The molecular weight excluding hydrogens is 320 g/mol. The summed E-state index contributed by atoms with van der Waals surface area (Å²) in [5.41, 5.74) is 0. The molecule has 2 heterocycles. The second-order valence-corrected chi connectivity index (χ2v) is 5.57. The molecule has 0 amide bonds. The molecule has 11 heteroatoms. The van der Waals surface area contributed by atoms with Crippen LogP contribution in [0.1, 0.15) is 0 Å². The van der Waals surface area contributed by atoms with E-state index in [0.717, 1.165) is 0 Å². The van der Waals surface area contributed by atoms with Crippen LogP contribution in [-0.2, 0) is 14.2 Å². The average molecular weight is 342 g/mol. The molecule has 0 aromatic heterocycles. The minimum absolute atomic E-state index is 0.468. The highest BCUT2D eigenvalue weighted by Gasteiger charge is 2.46. The van der Waals surface area contributed by atoms with E-state index in [2.05, 4.69) is 0 Å². The van der Waals surface area contributed by atoms with Gasteiger partial charge in [-0.15, -0.1) is 0 Å². The van der Waals surface area contributed by atoms with Crippen molar-refractivity contribution in [2.24, 2.45) is 0 Å². The fraction of sp³-hybridized carbons (Fsp3) is 1.00. The van der Waals surface area contributed by atoms with E-state index < -0.39 is 74.6 Å². The first-order chi connectivity index (χ1) is 10.8. The second-order valence-electron chi connectivity index (χ2n) is 5.57. The maximum atomic E-state index is 9.78. The van der Waals surface area contributed by atoms with Crippen molar-refractivity contribution in [1.29, 1.82) is 0 Å². The van der Waals surface area contributed by atoms with Crippen LogP contribution in [0.15, 0.2) is 0 Å². The molecule has 0 radical (unpaired) electrons. The Morgan fingerprint density at radius 1 is 0.652 bits per heavy atom. The minimum atomic E-state index is -1.74. The van der Waals surface area contributed by atoms with Gasteiger partial charge in [-0.05, 0) is 0 Å². The van der Waals surface area contributed by atoms with Gasteiger partial charge in [-0.25, -0.2) is 0 Å². The lowest BCUT2D eigenvalue weighted by atomic mass is 9.98. The van der Waals surface area contributed by atoms with Crippen LogP contribution in [0.25, 0.3) is 0 Å². The normalized spacial score (nSPS) is 51.7. The highest BCUT2D eigenvalue weighted by molar-refractivity contribution is 4.91. The molecule has 2 rings (SSSR count). The standard InChI is InChI=1S/C12H22O11/c13-1-3-5(14)8(17)10(19)12(23-3)21-2-4-6(15)7(16)9(18)11(20)22-4/h3-20H,1-2H2/t3-,4+,5-,6-,7-,8-,9-,10-,11-,12+/m1/s1. The molecule has 136 valence electrons. The summed E-state index contributed by atoms with van der Waals surface area (Å²) < 4.78 is 15.1. The molecule has 2 aliphatic heterocycles. The van der Waals surface area contributed by atoms with Gasteiger partial charge < -0.3 is 55.1 Å². The van der Waals surface area contributed by atoms with Crippen LogP contribution in [0.4, 0.5) is 0 Å². The Kier molecular flexibility index (Phi) is 6.27. The van der Waals surface area contributed by atoms with E-state index in [1.165, 1.54) is 0 Å². The van der Waals surface area contributed by atoms with Crippen LogP contribution in [0, 0.1) is 0 Å². The second kappa shape index (κ2) is 7.63. The average Bonchev–Trinajstić information content (AvgIpc) is 2.54. The van der Waals surface area contributed by atoms with Crippen LogP contribution >= 0.6 is 0 Å². The van der Waals surface area contributed by atoms with Crippen molar-refractivity contribution in [2.75, 3.05) is 13.2 Å². The maximum Gasteiger partial charge on any atom is 0.186 e. The van der Waals surface area contributed by atoms with E-state index in [1.807, 2.05) is 0 Å². The number of aliphatic hydroxyl groups excluding tert-OH is 8. The van der Waals surface area contributed by atoms with E-state index >= 15 is 0 Å². The summed E-state index contributed by atoms with van der Waals surface area (Å²) in [5, 5.41) is 76.1. The molecular formula is C12H22O11. The fourth-order valence-electron chi connectivity index (χ4n) is 2.46. The first-order valence-corrected chi connectivity index (χ1v) is 7.07. The molecule has 0 spiro atoms. The monoisotopic (exact) mass is 342 g/mol. The van der Waals surface area contributed by atoms with Crippen LogP contribution in [0.2, 0.25) is 0 Å². The summed E-state index contributed by atoms with van der Waals surface area (Å²) in [4.78, 5) is 0. The summed E-state index contributed by atoms with van der Waals surface area (Å²) in [6, 6.07) is 0. The summed E-state index contributed by atoms with van der Waals surface area (Å²) >= 11 is 0. The fourth-order valence-corrected chi connectivity index (χ4v) is 2.46. The molecule has 2 aliphatic rings. The molecule has 23 heavy (non-hydrogen) atoms. The van der Waals surface area contributed by atoms with Crippen LogP contribution < -0.4 is 0 Å². The molecule has 0 aromatic carbocycles. The Bertz CT molecular complexity index is 380. The Morgan fingerprint density at radius 2 is 1.22 bits per heavy atom. The van der Waals surface area contributed by atoms with Crippen LogP contribution in [-0.4, -0.2) is 115 Å².